The van der Waals surface area contributed by atoms with Crippen molar-refractivity contribution in [2.75, 3.05) is 32.7 Å². The predicted molar refractivity (Wildman–Crippen MR) is 72.3 cm³/mol. The number of nitrogens with zero attached hydrogens (tertiary/aromatic N) is 1. The normalized spacial score (nSPS) is 18.5. The maximum atomic E-state index is 11.3. The summed E-state index contributed by atoms with van der Waals surface area (Å²) in [6, 6.07) is 3.69. The van der Waals surface area contributed by atoms with Crippen LogP contribution in [0.4, 0.5) is 5.69 Å². The lowest BCUT2D eigenvalue weighted by Crippen LogP contribution is -2.21. The molecule has 104 valence electrons. The summed E-state index contributed by atoms with van der Waals surface area (Å²) in [6.45, 7) is 0.688. The van der Waals surface area contributed by atoms with Crippen molar-refractivity contribution in [1.82, 2.24) is 0 Å². The summed E-state index contributed by atoms with van der Waals surface area (Å²) in [7, 11) is 5.17. The Hall–Kier alpha value is -1.91. The minimum atomic E-state index is -0.758. The molecule has 1 unspecified atom stereocenters. The number of carboxylic acid groups (broad SMARTS) is 1. The van der Waals surface area contributed by atoms with E-state index >= 15 is 0 Å². The fourth-order valence-electron chi connectivity index (χ4n) is 2.59. The van der Waals surface area contributed by atoms with Gasteiger partial charge in [-0.3, -0.25) is 4.79 Å². The molecule has 1 aromatic carbocycles. The van der Waals surface area contributed by atoms with Gasteiger partial charge in [0.2, 0.25) is 0 Å². The molecular formula is C14H19NO4. The second kappa shape index (κ2) is 5.38. The van der Waals surface area contributed by atoms with Gasteiger partial charge in [0.05, 0.1) is 25.8 Å². The molecule has 1 aromatic rings. The van der Waals surface area contributed by atoms with Crippen molar-refractivity contribution in [3.63, 3.8) is 0 Å². The fraction of sp³-hybridized carbons (Fsp3) is 0.500. The Morgan fingerprint density at radius 3 is 2.53 bits per heavy atom. The van der Waals surface area contributed by atoms with E-state index in [2.05, 4.69) is 0 Å². The molecular weight excluding hydrogens is 246 g/mol. The summed E-state index contributed by atoms with van der Waals surface area (Å²) in [6.07, 6.45) is 1.09. The molecule has 19 heavy (non-hydrogen) atoms. The molecule has 1 N–H and O–H groups in total. The Balaban J connectivity index is 2.55. The Labute approximate surface area is 112 Å². The molecule has 5 heteroatoms. The van der Waals surface area contributed by atoms with Gasteiger partial charge in [0.15, 0.2) is 0 Å². The molecule has 1 heterocycles. The predicted octanol–water partition coefficient (Wildman–Crippen LogP) is 1.79. The minimum Gasteiger partial charge on any atom is -0.496 e. The molecule has 0 fully saturated rings. The third-order valence-electron chi connectivity index (χ3n) is 3.64. The van der Waals surface area contributed by atoms with Gasteiger partial charge in [-0.15, -0.1) is 0 Å². The molecule has 0 bridgehead atoms. The summed E-state index contributed by atoms with van der Waals surface area (Å²) in [5, 5.41) is 9.27. The maximum absolute atomic E-state index is 11.3. The first-order valence-corrected chi connectivity index (χ1v) is 6.26. The van der Waals surface area contributed by atoms with Gasteiger partial charge < -0.3 is 19.5 Å². The number of aliphatic carboxylic acids is 1. The largest absolute Gasteiger partial charge is 0.496 e. The zero-order valence-electron chi connectivity index (χ0n) is 11.5. The van der Waals surface area contributed by atoms with Gasteiger partial charge in [0, 0.05) is 19.2 Å². The van der Waals surface area contributed by atoms with E-state index in [0.717, 1.165) is 22.7 Å². The number of ether oxygens (including phenoxy) is 2. The van der Waals surface area contributed by atoms with Crippen LogP contribution in [0.3, 0.4) is 0 Å². The molecule has 0 aliphatic carbocycles. The van der Waals surface area contributed by atoms with Crippen LogP contribution in [0.15, 0.2) is 12.1 Å². The first-order valence-electron chi connectivity index (χ1n) is 6.26. The zero-order chi connectivity index (χ0) is 14.0. The van der Waals surface area contributed by atoms with Crippen molar-refractivity contribution < 1.29 is 19.4 Å². The highest BCUT2D eigenvalue weighted by atomic mass is 16.5. The van der Waals surface area contributed by atoms with Crippen LogP contribution >= 0.6 is 0 Å². The second-order valence-electron chi connectivity index (χ2n) is 4.75. The highest BCUT2D eigenvalue weighted by Crippen LogP contribution is 2.41. The quantitative estimate of drug-likeness (QED) is 0.903. The van der Waals surface area contributed by atoms with E-state index in [0.29, 0.717) is 19.4 Å². The van der Waals surface area contributed by atoms with Crippen LogP contribution in [0.5, 0.6) is 11.5 Å². The highest BCUT2D eigenvalue weighted by molar-refractivity contribution is 5.74. The van der Waals surface area contributed by atoms with E-state index < -0.39 is 5.97 Å². The molecule has 0 radical (unpaired) electrons. The van der Waals surface area contributed by atoms with Crippen LogP contribution in [0.25, 0.3) is 0 Å². The third-order valence-corrected chi connectivity index (χ3v) is 3.64. The number of fused-ring (bicyclic) bond motifs is 1. The summed E-state index contributed by atoms with van der Waals surface area (Å²) in [5.41, 5.74) is 1.85. The molecule has 0 amide bonds. The Bertz CT molecular complexity index is 487. The van der Waals surface area contributed by atoms with Crippen LogP contribution in [-0.2, 0) is 11.2 Å². The molecule has 1 aliphatic rings. The molecule has 0 saturated heterocycles. The van der Waals surface area contributed by atoms with Crippen molar-refractivity contribution in [1.29, 1.82) is 0 Å². The van der Waals surface area contributed by atoms with Crippen molar-refractivity contribution in [3.8, 4) is 11.5 Å². The zero-order valence-corrected chi connectivity index (χ0v) is 11.5. The standard InChI is InChI=1S/C14H19NO4/c1-15-7-6-9(14(16)17)8-10-11(18-2)4-5-12(19-3)13(10)15/h4-5,9H,6-8H2,1-3H3,(H,16,17). The number of carbonyl (C=O) groups is 1. The Morgan fingerprint density at radius 2 is 1.95 bits per heavy atom. The molecule has 0 saturated carbocycles. The molecule has 1 atom stereocenters. The van der Waals surface area contributed by atoms with E-state index in [1.165, 1.54) is 0 Å². The van der Waals surface area contributed by atoms with Crippen molar-refractivity contribution in [3.05, 3.63) is 17.7 Å². The topological polar surface area (TPSA) is 59.0 Å². The SMILES string of the molecule is COc1ccc(OC)c2c1CC(C(=O)O)CCN2C. The summed E-state index contributed by atoms with van der Waals surface area (Å²) in [4.78, 5) is 13.3. The van der Waals surface area contributed by atoms with Gasteiger partial charge in [-0.1, -0.05) is 0 Å². The van der Waals surface area contributed by atoms with Crippen LogP contribution in [0, 0.1) is 5.92 Å². The summed E-state index contributed by atoms with van der Waals surface area (Å²) < 4.78 is 10.8. The number of rotatable bonds is 3. The average molecular weight is 265 g/mol. The fourth-order valence-corrected chi connectivity index (χ4v) is 2.59. The van der Waals surface area contributed by atoms with Gasteiger partial charge in [-0.05, 0) is 25.0 Å². The van der Waals surface area contributed by atoms with E-state index in [-0.39, 0.29) is 5.92 Å². The lowest BCUT2D eigenvalue weighted by Gasteiger charge is -2.23. The smallest absolute Gasteiger partial charge is 0.306 e. The third kappa shape index (κ3) is 2.45. The van der Waals surface area contributed by atoms with Crippen LogP contribution < -0.4 is 14.4 Å². The van der Waals surface area contributed by atoms with E-state index in [4.69, 9.17) is 9.47 Å². The van der Waals surface area contributed by atoms with Crippen molar-refractivity contribution in [2.45, 2.75) is 12.8 Å². The van der Waals surface area contributed by atoms with Gasteiger partial charge in [-0.2, -0.15) is 0 Å². The minimum absolute atomic E-state index is 0.385. The number of hydrogen-bond acceptors (Lipinski definition) is 4. The molecule has 2 rings (SSSR count). The second-order valence-corrected chi connectivity index (χ2v) is 4.75. The molecule has 1 aliphatic heterocycles. The van der Waals surface area contributed by atoms with Gasteiger partial charge in [0.25, 0.3) is 0 Å². The molecule has 0 aromatic heterocycles. The van der Waals surface area contributed by atoms with Gasteiger partial charge >= 0.3 is 5.97 Å². The number of methoxy groups -OCH3 is 2. The van der Waals surface area contributed by atoms with E-state index in [1.54, 1.807) is 14.2 Å². The highest BCUT2D eigenvalue weighted by Gasteiger charge is 2.28. The lowest BCUT2D eigenvalue weighted by molar-refractivity contribution is -0.141. The van der Waals surface area contributed by atoms with Crippen LogP contribution in [0.2, 0.25) is 0 Å². The number of benzene rings is 1. The Kier molecular flexibility index (Phi) is 3.83. The lowest BCUT2D eigenvalue weighted by atomic mass is 9.96. The van der Waals surface area contributed by atoms with Crippen molar-refractivity contribution in [2.24, 2.45) is 5.92 Å². The van der Waals surface area contributed by atoms with Gasteiger partial charge in [0.1, 0.15) is 11.5 Å². The summed E-state index contributed by atoms with van der Waals surface area (Å²) in [5.74, 6) is 0.330. The number of hydrogen-bond donors (Lipinski definition) is 1. The van der Waals surface area contributed by atoms with E-state index in [9.17, 15) is 9.90 Å². The number of anilines is 1. The average Bonchev–Trinajstić information content (AvgIpc) is 2.58. The first kappa shape index (κ1) is 13.5. The maximum Gasteiger partial charge on any atom is 0.306 e. The van der Waals surface area contributed by atoms with Crippen molar-refractivity contribution >= 4 is 11.7 Å². The number of carboxylic acids is 1. The van der Waals surface area contributed by atoms with E-state index in [1.807, 2.05) is 24.1 Å². The Morgan fingerprint density at radius 1 is 1.32 bits per heavy atom. The van der Waals surface area contributed by atoms with Crippen LogP contribution in [0.1, 0.15) is 12.0 Å². The molecule has 5 nitrogen and oxygen atoms in total. The van der Waals surface area contributed by atoms with Gasteiger partial charge in [-0.25, -0.2) is 0 Å². The summed E-state index contributed by atoms with van der Waals surface area (Å²) >= 11 is 0. The van der Waals surface area contributed by atoms with Crippen LogP contribution in [-0.4, -0.2) is 38.9 Å². The molecule has 0 spiro atoms. The monoisotopic (exact) mass is 265 g/mol. The first-order chi connectivity index (χ1) is 9.08.